The molecule has 3 aromatic carbocycles. The Hall–Kier alpha value is -4.26. The number of hydrogen-bond acceptors (Lipinski definition) is 6. The minimum absolute atomic E-state index is 0.0973. The summed E-state index contributed by atoms with van der Waals surface area (Å²) in [6.07, 6.45) is 2.80. The number of nitrogens with zero attached hydrogens (tertiary/aromatic N) is 1. The first kappa shape index (κ1) is 26.4. The third-order valence-corrected chi connectivity index (χ3v) is 7.35. The number of fused-ring (bicyclic) bond motifs is 2. The first-order chi connectivity index (χ1) is 19.0. The van der Waals surface area contributed by atoms with Gasteiger partial charge in [-0.2, -0.15) is 0 Å². The van der Waals surface area contributed by atoms with E-state index in [4.69, 9.17) is 18.6 Å². The zero-order chi connectivity index (χ0) is 27.4. The van der Waals surface area contributed by atoms with Gasteiger partial charge in [-0.3, -0.25) is 4.79 Å². The van der Waals surface area contributed by atoms with Gasteiger partial charge in [-0.25, -0.2) is 4.79 Å². The van der Waals surface area contributed by atoms with Gasteiger partial charge in [-0.05, 0) is 72.7 Å². The summed E-state index contributed by atoms with van der Waals surface area (Å²) in [6, 6.07) is 20.8. The van der Waals surface area contributed by atoms with Gasteiger partial charge in [0.1, 0.15) is 17.9 Å². The lowest BCUT2D eigenvalue weighted by atomic mass is 9.91. The van der Waals surface area contributed by atoms with E-state index in [1.54, 1.807) is 20.3 Å². The summed E-state index contributed by atoms with van der Waals surface area (Å²) in [5.41, 5.74) is 4.24. The van der Waals surface area contributed by atoms with Crippen molar-refractivity contribution in [3.63, 3.8) is 0 Å². The maximum Gasteiger partial charge on any atom is 0.336 e. The van der Waals surface area contributed by atoms with Crippen LogP contribution in [0.2, 0.25) is 0 Å². The Balaban J connectivity index is 1.40. The van der Waals surface area contributed by atoms with Gasteiger partial charge in [0, 0.05) is 30.5 Å². The third kappa shape index (κ3) is 5.77. The summed E-state index contributed by atoms with van der Waals surface area (Å²) in [4.78, 5) is 27.3. The van der Waals surface area contributed by atoms with Crippen LogP contribution in [0.5, 0.6) is 17.2 Å². The van der Waals surface area contributed by atoms with E-state index >= 15 is 0 Å². The third-order valence-electron chi connectivity index (χ3n) is 7.35. The van der Waals surface area contributed by atoms with E-state index in [0.717, 1.165) is 41.3 Å². The molecule has 0 bridgehead atoms. The molecule has 1 aliphatic heterocycles. The van der Waals surface area contributed by atoms with E-state index < -0.39 is 5.63 Å². The maximum absolute atomic E-state index is 13.5. The molecule has 4 aromatic rings. The normalized spacial score (nSPS) is 14.6. The smallest absolute Gasteiger partial charge is 0.336 e. The van der Waals surface area contributed by atoms with Gasteiger partial charge >= 0.3 is 5.63 Å². The predicted molar refractivity (Wildman–Crippen MR) is 150 cm³/mol. The topological polar surface area (TPSA) is 78.2 Å². The molecule has 202 valence electrons. The molecule has 7 nitrogen and oxygen atoms in total. The molecule has 0 unspecified atom stereocenters. The molecule has 1 aromatic heterocycles. The monoisotopic (exact) mass is 527 g/mol. The molecule has 1 aliphatic rings. The highest BCUT2D eigenvalue weighted by Gasteiger charge is 2.32. The van der Waals surface area contributed by atoms with Crippen LogP contribution in [-0.4, -0.2) is 38.2 Å². The fraction of sp³-hybridized carbons (Fsp3) is 0.312. The molecule has 0 spiro atoms. The van der Waals surface area contributed by atoms with Gasteiger partial charge in [0.25, 0.3) is 0 Å². The van der Waals surface area contributed by atoms with E-state index in [-0.39, 0.29) is 18.6 Å². The molecule has 0 fully saturated rings. The lowest BCUT2D eigenvalue weighted by Crippen LogP contribution is -2.42. The van der Waals surface area contributed by atoms with Crippen molar-refractivity contribution in [3.8, 4) is 17.2 Å². The molecule has 1 atom stereocenters. The lowest BCUT2D eigenvalue weighted by molar-refractivity contribution is -0.135. The van der Waals surface area contributed by atoms with Crippen LogP contribution in [0.1, 0.15) is 41.1 Å². The summed E-state index contributed by atoms with van der Waals surface area (Å²) in [7, 11) is 3.23. The molecule has 0 saturated heterocycles. The Bertz CT molecular complexity index is 1530. The highest BCUT2D eigenvalue weighted by Crippen LogP contribution is 2.39. The van der Waals surface area contributed by atoms with Gasteiger partial charge in [0.15, 0.2) is 11.5 Å². The molecule has 0 aliphatic carbocycles. The van der Waals surface area contributed by atoms with Crippen LogP contribution in [0.4, 0.5) is 0 Å². The van der Waals surface area contributed by atoms with Crippen LogP contribution in [0.15, 0.2) is 75.9 Å². The fourth-order valence-corrected chi connectivity index (χ4v) is 5.31. The second-order valence-electron chi connectivity index (χ2n) is 9.82. The molecule has 7 heteroatoms. The molecule has 1 amide bonds. The molecular formula is C32H33NO6. The van der Waals surface area contributed by atoms with Crippen LogP contribution in [0.25, 0.3) is 11.0 Å². The van der Waals surface area contributed by atoms with Crippen molar-refractivity contribution in [3.05, 3.63) is 99.4 Å². The number of aryl methyl sites for hydroxylation is 2. The van der Waals surface area contributed by atoms with Gasteiger partial charge in [0.2, 0.25) is 5.91 Å². The standard InChI is InChI=1S/C32H33NO6/c1-21-16-32(35)39-28-18-24(12-13-25(21)28)38-20-27-26-19-30(37-3)29(36-2)17-23(26)14-15-33(27)31(34)11-7-10-22-8-5-4-6-9-22/h4-6,8-9,12-13,16-19,27H,7,10-11,14-15,20H2,1-3H3/t27-/m0/s1. The van der Waals surface area contributed by atoms with Gasteiger partial charge in [-0.1, -0.05) is 30.3 Å². The maximum atomic E-state index is 13.5. The number of methoxy groups -OCH3 is 2. The van der Waals surface area contributed by atoms with Crippen molar-refractivity contribution in [2.24, 2.45) is 0 Å². The number of ether oxygens (including phenoxy) is 3. The summed E-state index contributed by atoms with van der Waals surface area (Å²) >= 11 is 0. The number of carbonyl (C=O) groups is 1. The molecule has 0 saturated carbocycles. The quantitative estimate of drug-likeness (QED) is 0.262. The van der Waals surface area contributed by atoms with Crippen LogP contribution in [0, 0.1) is 6.92 Å². The van der Waals surface area contributed by atoms with Crippen LogP contribution >= 0.6 is 0 Å². The summed E-state index contributed by atoms with van der Waals surface area (Å²) < 4.78 is 22.7. The number of rotatable bonds is 9. The zero-order valence-electron chi connectivity index (χ0n) is 22.6. The van der Waals surface area contributed by atoms with E-state index in [1.807, 2.05) is 54.3 Å². The minimum Gasteiger partial charge on any atom is -0.493 e. The van der Waals surface area contributed by atoms with Crippen molar-refractivity contribution in [2.45, 2.75) is 38.6 Å². The molecule has 39 heavy (non-hydrogen) atoms. The van der Waals surface area contributed by atoms with Crippen LogP contribution in [-0.2, 0) is 17.6 Å². The first-order valence-electron chi connectivity index (χ1n) is 13.2. The average molecular weight is 528 g/mol. The second-order valence-corrected chi connectivity index (χ2v) is 9.82. The highest BCUT2D eigenvalue weighted by atomic mass is 16.5. The SMILES string of the molecule is COc1cc2c(cc1OC)[C@H](COc1ccc3c(C)cc(=O)oc3c1)N(C(=O)CCCc1ccccc1)CC2. The first-order valence-corrected chi connectivity index (χ1v) is 13.2. The highest BCUT2D eigenvalue weighted by molar-refractivity contribution is 5.81. The summed E-state index contributed by atoms with van der Waals surface area (Å²) in [5.74, 6) is 1.95. The van der Waals surface area contributed by atoms with Gasteiger partial charge in [0.05, 0.1) is 20.3 Å². The Morgan fingerprint density at radius 2 is 1.77 bits per heavy atom. The molecule has 5 rings (SSSR count). The minimum atomic E-state index is -0.397. The number of carbonyl (C=O) groups excluding carboxylic acids is 1. The predicted octanol–water partition coefficient (Wildman–Crippen LogP) is 5.65. The van der Waals surface area contributed by atoms with Crippen molar-refractivity contribution < 1.29 is 23.4 Å². The Morgan fingerprint density at radius 3 is 2.54 bits per heavy atom. The summed E-state index contributed by atoms with van der Waals surface area (Å²) in [5, 5.41) is 0.858. The van der Waals surface area contributed by atoms with Crippen molar-refractivity contribution in [1.82, 2.24) is 4.90 Å². The summed E-state index contributed by atoms with van der Waals surface area (Å²) in [6.45, 7) is 2.71. The Morgan fingerprint density at radius 1 is 1.00 bits per heavy atom. The lowest BCUT2D eigenvalue weighted by Gasteiger charge is -2.37. The second kappa shape index (κ2) is 11.6. The molecular weight excluding hydrogens is 494 g/mol. The molecule has 0 radical (unpaired) electrons. The van der Waals surface area contributed by atoms with E-state index in [1.165, 1.54) is 11.6 Å². The fourth-order valence-electron chi connectivity index (χ4n) is 5.31. The van der Waals surface area contributed by atoms with Crippen molar-refractivity contribution in [2.75, 3.05) is 27.4 Å². The number of hydrogen-bond donors (Lipinski definition) is 0. The van der Waals surface area contributed by atoms with Crippen LogP contribution in [0.3, 0.4) is 0 Å². The average Bonchev–Trinajstić information content (AvgIpc) is 2.95. The number of amides is 1. The van der Waals surface area contributed by atoms with Crippen molar-refractivity contribution >= 4 is 16.9 Å². The number of benzene rings is 3. The Kier molecular flexibility index (Phi) is 7.87. The van der Waals surface area contributed by atoms with E-state index in [0.29, 0.717) is 35.8 Å². The largest absolute Gasteiger partial charge is 0.493 e. The van der Waals surface area contributed by atoms with Crippen molar-refractivity contribution in [1.29, 1.82) is 0 Å². The molecule has 0 N–H and O–H groups in total. The Labute approximate surface area is 227 Å². The van der Waals surface area contributed by atoms with E-state index in [9.17, 15) is 9.59 Å². The molecule has 2 heterocycles. The zero-order valence-corrected chi connectivity index (χ0v) is 22.6. The van der Waals surface area contributed by atoms with Gasteiger partial charge < -0.3 is 23.5 Å². The van der Waals surface area contributed by atoms with E-state index in [2.05, 4.69) is 12.1 Å². The van der Waals surface area contributed by atoms with Gasteiger partial charge in [-0.15, -0.1) is 0 Å². The van der Waals surface area contributed by atoms with Crippen LogP contribution < -0.4 is 19.8 Å².